The minimum atomic E-state index is -0.963. The minimum Gasteiger partial charge on any atom is -0.299 e. The van der Waals surface area contributed by atoms with E-state index in [1.807, 2.05) is 0 Å². The Morgan fingerprint density at radius 2 is 1.84 bits per heavy atom. The van der Waals surface area contributed by atoms with Gasteiger partial charge in [-0.05, 0) is 68.4 Å². The van der Waals surface area contributed by atoms with E-state index in [-0.39, 0.29) is 0 Å². The van der Waals surface area contributed by atoms with E-state index in [4.69, 9.17) is 0 Å². The molecule has 1 aromatic rings. The number of hydrogen-bond donors (Lipinski definition) is 0. The molecule has 1 aromatic carbocycles. The molecule has 1 aliphatic carbocycles. The van der Waals surface area contributed by atoms with Gasteiger partial charge in [-0.2, -0.15) is 0 Å². The Morgan fingerprint density at radius 1 is 1.20 bits per heavy atom. The number of benzene rings is 1. The molecule has 0 spiro atoms. The van der Waals surface area contributed by atoms with Crippen LogP contribution in [0.25, 0.3) is 0 Å². The normalized spacial score (nSPS) is 30.2. The number of likely N-dealkylation sites (tertiary alicyclic amines) is 1. The third kappa shape index (κ3) is 4.73. The van der Waals surface area contributed by atoms with Gasteiger partial charge in [-0.3, -0.25) is 4.90 Å². The van der Waals surface area contributed by atoms with Gasteiger partial charge in [0.1, 0.15) is 5.67 Å². The summed E-state index contributed by atoms with van der Waals surface area (Å²) in [5.74, 6) is 2.06. The highest BCUT2D eigenvalue weighted by molar-refractivity contribution is 5.28. The molecule has 0 N–H and O–H groups in total. The van der Waals surface area contributed by atoms with Crippen molar-refractivity contribution in [1.82, 2.24) is 4.90 Å². The zero-order valence-corrected chi connectivity index (χ0v) is 16.2. The second-order valence-electron chi connectivity index (χ2n) is 8.91. The standard InChI is InChI=1S/C23H34FN/c1-17(2)21-10-5-18(3)15-22(21)20-8-6-19(7-9-20)16-25-13-11-23(4,24)12-14-25/h6-9,18,21-22H,1,5,10-16H2,2-4H3/t18?,21?,22-/m0/s1. The van der Waals surface area contributed by atoms with E-state index in [2.05, 4.69) is 49.6 Å². The van der Waals surface area contributed by atoms with Crippen LogP contribution in [-0.2, 0) is 6.54 Å². The second-order valence-corrected chi connectivity index (χ2v) is 8.91. The maximum absolute atomic E-state index is 13.9. The van der Waals surface area contributed by atoms with E-state index in [9.17, 15) is 4.39 Å². The Kier molecular flexibility index (Phi) is 5.68. The summed E-state index contributed by atoms with van der Waals surface area (Å²) in [6.45, 7) is 13.2. The van der Waals surface area contributed by atoms with Gasteiger partial charge in [0.25, 0.3) is 0 Å². The molecule has 0 aromatic heterocycles. The van der Waals surface area contributed by atoms with Crippen molar-refractivity contribution >= 4 is 0 Å². The quantitative estimate of drug-likeness (QED) is 0.596. The molecule has 25 heavy (non-hydrogen) atoms. The first-order valence-corrected chi connectivity index (χ1v) is 9.99. The van der Waals surface area contributed by atoms with Gasteiger partial charge < -0.3 is 0 Å². The summed E-state index contributed by atoms with van der Waals surface area (Å²) in [5.41, 5.74) is 3.19. The van der Waals surface area contributed by atoms with E-state index < -0.39 is 5.67 Å². The molecule has 0 radical (unpaired) electrons. The fourth-order valence-corrected chi connectivity index (χ4v) is 4.64. The van der Waals surface area contributed by atoms with Crippen molar-refractivity contribution < 1.29 is 4.39 Å². The number of nitrogens with zero attached hydrogens (tertiary/aromatic N) is 1. The first kappa shape index (κ1) is 18.6. The number of halogens is 1. The third-order valence-corrected chi connectivity index (χ3v) is 6.46. The molecule has 1 saturated heterocycles. The van der Waals surface area contributed by atoms with E-state index in [1.165, 1.54) is 36.0 Å². The van der Waals surface area contributed by atoms with Crippen molar-refractivity contribution in [2.75, 3.05) is 13.1 Å². The van der Waals surface area contributed by atoms with E-state index in [1.54, 1.807) is 6.92 Å². The highest BCUT2D eigenvalue weighted by Gasteiger charge is 2.31. The van der Waals surface area contributed by atoms with Gasteiger partial charge in [0.2, 0.25) is 0 Å². The van der Waals surface area contributed by atoms with Crippen LogP contribution in [0.4, 0.5) is 4.39 Å². The number of piperidine rings is 1. The minimum absolute atomic E-state index is 0.623. The van der Waals surface area contributed by atoms with Crippen LogP contribution in [0, 0.1) is 11.8 Å². The highest BCUT2D eigenvalue weighted by Crippen LogP contribution is 2.43. The molecular weight excluding hydrogens is 309 g/mol. The molecule has 2 unspecified atom stereocenters. The molecule has 1 aliphatic heterocycles. The Morgan fingerprint density at radius 3 is 2.44 bits per heavy atom. The molecule has 1 saturated carbocycles. The first-order valence-electron chi connectivity index (χ1n) is 9.99. The predicted molar refractivity (Wildman–Crippen MR) is 105 cm³/mol. The molecule has 1 heterocycles. The van der Waals surface area contributed by atoms with Crippen molar-refractivity contribution in [2.45, 2.75) is 71.0 Å². The number of allylic oxidation sites excluding steroid dienone is 1. The molecule has 3 rings (SSSR count). The van der Waals surface area contributed by atoms with Crippen LogP contribution < -0.4 is 0 Å². The van der Waals surface area contributed by atoms with Crippen LogP contribution in [0.2, 0.25) is 0 Å². The van der Waals surface area contributed by atoms with Crippen LogP contribution >= 0.6 is 0 Å². The smallest absolute Gasteiger partial charge is 0.110 e. The Labute approximate surface area is 153 Å². The molecule has 0 bridgehead atoms. The summed E-state index contributed by atoms with van der Waals surface area (Å²) in [5, 5.41) is 0. The molecule has 2 aliphatic rings. The largest absolute Gasteiger partial charge is 0.299 e. The summed E-state index contributed by atoms with van der Waals surface area (Å²) >= 11 is 0. The van der Waals surface area contributed by atoms with E-state index in [0.717, 1.165) is 25.6 Å². The van der Waals surface area contributed by atoms with Gasteiger partial charge in [-0.15, -0.1) is 0 Å². The fourth-order valence-electron chi connectivity index (χ4n) is 4.64. The molecular formula is C23H34FN. The van der Waals surface area contributed by atoms with Gasteiger partial charge in [0.05, 0.1) is 0 Å². The van der Waals surface area contributed by atoms with Crippen LogP contribution in [-0.4, -0.2) is 23.7 Å². The predicted octanol–water partition coefficient (Wildman–Crippen LogP) is 6.11. The summed E-state index contributed by atoms with van der Waals surface area (Å²) in [6, 6.07) is 9.23. The van der Waals surface area contributed by atoms with Crippen LogP contribution in [0.1, 0.15) is 69.9 Å². The molecule has 0 amide bonds. The van der Waals surface area contributed by atoms with Gasteiger partial charge in [-0.1, -0.05) is 49.8 Å². The van der Waals surface area contributed by atoms with Crippen molar-refractivity contribution in [2.24, 2.45) is 11.8 Å². The summed E-state index contributed by atoms with van der Waals surface area (Å²) in [4.78, 5) is 2.38. The van der Waals surface area contributed by atoms with Crippen LogP contribution in [0.5, 0.6) is 0 Å². The summed E-state index contributed by atoms with van der Waals surface area (Å²) in [6.07, 6.45) is 5.20. The Balaban J connectivity index is 1.64. The number of hydrogen-bond acceptors (Lipinski definition) is 1. The van der Waals surface area contributed by atoms with E-state index in [0.29, 0.717) is 24.7 Å². The van der Waals surface area contributed by atoms with Gasteiger partial charge in [-0.25, -0.2) is 4.39 Å². The third-order valence-electron chi connectivity index (χ3n) is 6.46. The van der Waals surface area contributed by atoms with Crippen molar-refractivity contribution in [3.05, 3.63) is 47.5 Å². The first-order chi connectivity index (χ1) is 11.8. The zero-order chi connectivity index (χ0) is 18.0. The van der Waals surface area contributed by atoms with Crippen molar-refractivity contribution in [3.63, 3.8) is 0 Å². The fraction of sp³-hybridized carbons (Fsp3) is 0.652. The summed E-state index contributed by atoms with van der Waals surface area (Å²) in [7, 11) is 0. The summed E-state index contributed by atoms with van der Waals surface area (Å²) < 4.78 is 13.9. The van der Waals surface area contributed by atoms with Gasteiger partial charge in [0.15, 0.2) is 0 Å². The number of rotatable bonds is 4. The number of alkyl halides is 1. The zero-order valence-electron chi connectivity index (χ0n) is 16.2. The highest BCUT2D eigenvalue weighted by atomic mass is 19.1. The SMILES string of the molecule is C=C(C)C1CCC(C)C[C@H]1c1ccc(CN2CCC(C)(F)CC2)cc1. The average Bonchev–Trinajstić information content (AvgIpc) is 2.57. The van der Waals surface area contributed by atoms with Crippen LogP contribution in [0.3, 0.4) is 0 Å². The van der Waals surface area contributed by atoms with Crippen LogP contribution in [0.15, 0.2) is 36.4 Å². The molecule has 2 heteroatoms. The lowest BCUT2D eigenvalue weighted by Gasteiger charge is -2.36. The lowest BCUT2D eigenvalue weighted by Crippen LogP contribution is -2.39. The lowest BCUT2D eigenvalue weighted by molar-refractivity contribution is 0.0705. The monoisotopic (exact) mass is 343 g/mol. The lowest BCUT2D eigenvalue weighted by atomic mass is 9.69. The maximum Gasteiger partial charge on any atom is 0.110 e. The Bertz CT molecular complexity index is 579. The topological polar surface area (TPSA) is 3.24 Å². The molecule has 2 fully saturated rings. The average molecular weight is 344 g/mol. The Hall–Kier alpha value is -1.15. The van der Waals surface area contributed by atoms with Crippen molar-refractivity contribution in [1.29, 1.82) is 0 Å². The van der Waals surface area contributed by atoms with Gasteiger partial charge >= 0.3 is 0 Å². The molecule has 138 valence electrons. The maximum atomic E-state index is 13.9. The van der Waals surface area contributed by atoms with Gasteiger partial charge in [0, 0.05) is 19.6 Å². The van der Waals surface area contributed by atoms with Crippen molar-refractivity contribution in [3.8, 4) is 0 Å². The molecule has 1 nitrogen and oxygen atoms in total. The second kappa shape index (κ2) is 7.61. The van der Waals surface area contributed by atoms with E-state index >= 15 is 0 Å². The molecule has 3 atom stereocenters.